The van der Waals surface area contributed by atoms with Gasteiger partial charge in [0, 0.05) is 6.07 Å². The Balaban J connectivity index is 1.28. The third kappa shape index (κ3) is 4.08. The summed E-state index contributed by atoms with van der Waals surface area (Å²) in [6.45, 7) is 1.22. The average Bonchev–Trinajstić information content (AvgIpc) is 3.12. The van der Waals surface area contributed by atoms with E-state index in [1.807, 2.05) is 30.3 Å². The summed E-state index contributed by atoms with van der Waals surface area (Å²) >= 11 is 0. The molecule has 1 amide bonds. The van der Waals surface area contributed by atoms with Crippen molar-refractivity contribution in [2.45, 2.75) is 12.7 Å². The molecular weight excluding hydrogens is 349 g/mol. The molecule has 1 saturated heterocycles. The Morgan fingerprint density at radius 3 is 2.67 bits per heavy atom. The molecule has 27 heavy (non-hydrogen) atoms. The van der Waals surface area contributed by atoms with Gasteiger partial charge in [0.15, 0.2) is 5.69 Å². The summed E-state index contributed by atoms with van der Waals surface area (Å²) in [6.07, 6.45) is -0.00827. The van der Waals surface area contributed by atoms with Gasteiger partial charge >= 0.3 is 0 Å². The van der Waals surface area contributed by atoms with Gasteiger partial charge in [-0.1, -0.05) is 24.3 Å². The van der Waals surface area contributed by atoms with Crippen molar-refractivity contribution < 1.29 is 18.7 Å². The predicted octanol–water partition coefficient (Wildman–Crippen LogP) is 3.03. The number of benzene rings is 2. The summed E-state index contributed by atoms with van der Waals surface area (Å²) in [6, 6.07) is 17.1. The van der Waals surface area contributed by atoms with Gasteiger partial charge in [-0.05, 0) is 30.3 Å². The van der Waals surface area contributed by atoms with E-state index in [4.69, 9.17) is 9.47 Å². The van der Waals surface area contributed by atoms with Crippen LogP contribution in [-0.2, 0) is 6.61 Å². The van der Waals surface area contributed by atoms with Gasteiger partial charge in [-0.25, -0.2) is 4.39 Å². The number of aromatic amines is 1. The van der Waals surface area contributed by atoms with Crippen LogP contribution in [0.2, 0.25) is 0 Å². The number of nitrogens with zero attached hydrogens (tertiary/aromatic N) is 2. The Kier molecular flexibility index (Phi) is 4.74. The molecule has 1 aromatic heterocycles. The minimum absolute atomic E-state index is 0.00827. The molecule has 0 saturated carbocycles. The van der Waals surface area contributed by atoms with Gasteiger partial charge in [-0.3, -0.25) is 9.89 Å². The van der Waals surface area contributed by atoms with Crippen molar-refractivity contribution in [1.82, 2.24) is 15.1 Å². The van der Waals surface area contributed by atoms with Crippen molar-refractivity contribution >= 4 is 5.91 Å². The Bertz CT molecular complexity index is 923. The van der Waals surface area contributed by atoms with Crippen LogP contribution in [-0.4, -0.2) is 40.2 Å². The first kappa shape index (κ1) is 17.1. The fraction of sp³-hybridized carbons (Fsp3) is 0.200. The lowest BCUT2D eigenvalue weighted by molar-refractivity contribution is 0.0173. The normalized spacial score (nSPS) is 13.9. The van der Waals surface area contributed by atoms with Crippen molar-refractivity contribution in [1.29, 1.82) is 0 Å². The van der Waals surface area contributed by atoms with Crippen molar-refractivity contribution in [2.24, 2.45) is 0 Å². The van der Waals surface area contributed by atoms with Gasteiger partial charge in [0.25, 0.3) is 5.91 Å². The Morgan fingerprint density at radius 2 is 1.89 bits per heavy atom. The van der Waals surface area contributed by atoms with Gasteiger partial charge in [0.05, 0.1) is 18.8 Å². The number of para-hydroxylation sites is 1. The van der Waals surface area contributed by atoms with E-state index in [1.165, 1.54) is 12.1 Å². The third-order valence-corrected chi connectivity index (χ3v) is 4.22. The van der Waals surface area contributed by atoms with Gasteiger partial charge in [0.2, 0.25) is 0 Å². The second-order valence-corrected chi connectivity index (χ2v) is 6.29. The highest BCUT2D eigenvalue weighted by atomic mass is 19.1. The molecule has 138 valence electrons. The quantitative estimate of drug-likeness (QED) is 0.727. The first-order valence-electron chi connectivity index (χ1n) is 8.61. The summed E-state index contributed by atoms with van der Waals surface area (Å²) in [5, 5.41) is 6.82. The van der Waals surface area contributed by atoms with Gasteiger partial charge < -0.3 is 14.4 Å². The lowest BCUT2D eigenvalue weighted by Crippen LogP contribution is -2.56. The molecule has 1 aliphatic rings. The summed E-state index contributed by atoms with van der Waals surface area (Å²) in [5.74, 6) is 0.696. The molecule has 4 rings (SSSR count). The highest BCUT2D eigenvalue weighted by Crippen LogP contribution is 2.20. The van der Waals surface area contributed by atoms with Crippen LogP contribution < -0.4 is 9.47 Å². The number of hydrogen-bond acceptors (Lipinski definition) is 4. The molecule has 1 N–H and O–H groups in total. The van der Waals surface area contributed by atoms with Crippen molar-refractivity contribution in [3.05, 3.63) is 77.9 Å². The number of hydrogen-bond donors (Lipinski definition) is 1. The summed E-state index contributed by atoms with van der Waals surface area (Å²) < 4.78 is 24.4. The van der Waals surface area contributed by atoms with Crippen molar-refractivity contribution in [3.8, 4) is 11.5 Å². The molecule has 0 spiro atoms. The number of likely N-dealkylation sites (tertiary alicyclic amines) is 1. The van der Waals surface area contributed by atoms with E-state index < -0.39 is 0 Å². The van der Waals surface area contributed by atoms with Gasteiger partial charge in [-0.2, -0.15) is 5.10 Å². The predicted molar refractivity (Wildman–Crippen MR) is 96.1 cm³/mol. The lowest BCUT2D eigenvalue weighted by Gasteiger charge is -2.38. The highest BCUT2D eigenvalue weighted by Gasteiger charge is 2.33. The zero-order chi connectivity index (χ0) is 18.6. The second-order valence-electron chi connectivity index (χ2n) is 6.29. The van der Waals surface area contributed by atoms with Gasteiger partial charge in [0.1, 0.15) is 30.0 Å². The standard InChI is InChI=1S/C20H18FN3O3/c21-14-5-4-8-17(9-14)26-13-15-10-19(23-22-15)20(25)24-11-18(12-24)27-16-6-2-1-3-7-16/h1-10,18H,11-13H2,(H,22,23). The maximum Gasteiger partial charge on any atom is 0.274 e. The summed E-state index contributed by atoms with van der Waals surface area (Å²) in [7, 11) is 0. The van der Waals surface area contributed by atoms with E-state index in [2.05, 4.69) is 10.2 Å². The van der Waals surface area contributed by atoms with E-state index in [0.29, 0.717) is 30.2 Å². The molecule has 0 unspecified atom stereocenters. The molecule has 2 heterocycles. The van der Waals surface area contributed by atoms with E-state index in [1.54, 1.807) is 23.1 Å². The molecule has 0 aliphatic carbocycles. The molecule has 0 bridgehead atoms. The van der Waals surface area contributed by atoms with Crippen LogP contribution in [0.4, 0.5) is 4.39 Å². The average molecular weight is 367 g/mol. The number of H-pyrrole nitrogens is 1. The summed E-state index contributed by atoms with van der Waals surface area (Å²) in [4.78, 5) is 14.1. The maximum atomic E-state index is 13.1. The fourth-order valence-corrected chi connectivity index (χ4v) is 2.79. The molecule has 2 aromatic carbocycles. The smallest absolute Gasteiger partial charge is 0.274 e. The van der Waals surface area contributed by atoms with E-state index in [0.717, 1.165) is 5.75 Å². The fourth-order valence-electron chi connectivity index (χ4n) is 2.79. The van der Waals surface area contributed by atoms with Crippen LogP contribution in [0.5, 0.6) is 11.5 Å². The zero-order valence-electron chi connectivity index (χ0n) is 14.5. The van der Waals surface area contributed by atoms with E-state index >= 15 is 0 Å². The molecule has 0 atom stereocenters. The number of rotatable bonds is 6. The van der Waals surface area contributed by atoms with Gasteiger partial charge in [-0.15, -0.1) is 0 Å². The van der Waals surface area contributed by atoms with Crippen LogP contribution in [0.25, 0.3) is 0 Å². The molecule has 0 radical (unpaired) electrons. The second kappa shape index (κ2) is 7.49. The maximum absolute atomic E-state index is 13.1. The molecule has 6 nitrogen and oxygen atoms in total. The van der Waals surface area contributed by atoms with E-state index in [9.17, 15) is 9.18 Å². The number of carbonyl (C=O) groups is 1. The minimum Gasteiger partial charge on any atom is -0.487 e. The zero-order valence-corrected chi connectivity index (χ0v) is 14.5. The number of halogens is 1. The van der Waals surface area contributed by atoms with Crippen molar-refractivity contribution in [2.75, 3.05) is 13.1 Å². The monoisotopic (exact) mass is 367 g/mol. The molecule has 1 aliphatic heterocycles. The lowest BCUT2D eigenvalue weighted by atomic mass is 10.1. The Morgan fingerprint density at radius 1 is 1.11 bits per heavy atom. The molecule has 7 heteroatoms. The number of carbonyl (C=O) groups excluding carboxylic acids is 1. The largest absolute Gasteiger partial charge is 0.487 e. The molecular formula is C20H18FN3O3. The van der Waals surface area contributed by atoms with Crippen LogP contribution >= 0.6 is 0 Å². The SMILES string of the molecule is O=C(c1cc(COc2cccc(F)c2)[nH]n1)N1CC(Oc2ccccc2)C1. The minimum atomic E-state index is -0.363. The highest BCUT2D eigenvalue weighted by molar-refractivity contribution is 5.93. The topological polar surface area (TPSA) is 67.5 Å². The van der Waals surface area contributed by atoms with Crippen LogP contribution in [0.1, 0.15) is 16.2 Å². The Hall–Kier alpha value is -3.35. The van der Waals surface area contributed by atoms with Crippen LogP contribution in [0.15, 0.2) is 60.7 Å². The number of ether oxygens (including phenoxy) is 2. The van der Waals surface area contributed by atoms with E-state index in [-0.39, 0.29) is 24.4 Å². The molecule has 1 fully saturated rings. The van der Waals surface area contributed by atoms with Crippen LogP contribution in [0, 0.1) is 5.82 Å². The number of nitrogens with one attached hydrogen (secondary N) is 1. The molecule has 3 aromatic rings. The van der Waals surface area contributed by atoms with Crippen LogP contribution in [0.3, 0.4) is 0 Å². The first-order valence-corrected chi connectivity index (χ1v) is 8.61. The number of aromatic nitrogens is 2. The summed E-state index contributed by atoms with van der Waals surface area (Å²) in [5.41, 5.74) is 0.964. The first-order chi connectivity index (χ1) is 13.2. The van der Waals surface area contributed by atoms with Crippen molar-refractivity contribution in [3.63, 3.8) is 0 Å². The number of amides is 1. The third-order valence-electron chi connectivity index (χ3n) is 4.22. The Labute approximate surface area is 155 Å².